The van der Waals surface area contributed by atoms with E-state index in [0.717, 1.165) is 16.9 Å². The maximum atomic E-state index is 5.97. The van der Waals surface area contributed by atoms with Crippen molar-refractivity contribution in [3.8, 4) is 11.1 Å². The number of hydrogen-bond donors (Lipinski definition) is 1. The molecule has 0 aliphatic heterocycles. The molecule has 142 valence electrons. The summed E-state index contributed by atoms with van der Waals surface area (Å²) < 4.78 is 0. The molecule has 29 heavy (non-hydrogen) atoms. The Labute approximate surface area is 175 Å². The lowest BCUT2D eigenvalue weighted by molar-refractivity contribution is 1.25. The van der Waals surface area contributed by atoms with Gasteiger partial charge in [-0.15, -0.1) is 5.10 Å². The third-order valence-electron chi connectivity index (χ3n) is 4.58. The highest BCUT2D eigenvalue weighted by atomic mass is 32.2. The molecule has 0 fully saturated rings. The minimum atomic E-state index is 0.454. The number of amidine groups is 1. The highest BCUT2D eigenvalue weighted by molar-refractivity contribution is 8.13. The predicted molar refractivity (Wildman–Crippen MR) is 126 cm³/mol. The van der Waals surface area contributed by atoms with Gasteiger partial charge in [0.1, 0.15) is 0 Å². The number of nitrogens with zero attached hydrogens (tertiary/aromatic N) is 2. The molecule has 0 aliphatic rings. The van der Waals surface area contributed by atoms with Crippen LogP contribution in [0.15, 0.2) is 107 Å². The van der Waals surface area contributed by atoms with Crippen molar-refractivity contribution in [3.63, 3.8) is 0 Å². The monoisotopic (exact) mass is 395 g/mol. The maximum absolute atomic E-state index is 5.97. The van der Waals surface area contributed by atoms with Gasteiger partial charge in [0.05, 0.1) is 6.21 Å². The topological polar surface area (TPSA) is 50.7 Å². The molecule has 0 radical (unpaired) electrons. The van der Waals surface area contributed by atoms with Crippen molar-refractivity contribution in [1.82, 2.24) is 0 Å². The van der Waals surface area contributed by atoms with Crippen LogP contribution >= 0.6 is 11.8 Å². The van der Waals surface area contributed by atoms with Gasteiger partial charge in [0.25, 0.3) is 0 Å². The molecule has 0 spiro atoms. The summed E-state index contributed by atoms with van der Waals surface area (Å²) in [5.41, 5.74) is 10.5. The first-order valence-electron chi connectivity index (χ1n) is 9.41. The second-order valence-electron chi connectivity index (χ2n) is 6.61. The van der Waals surface area contributed by atoms with Crippen LogP contribution in [-0.4, -0.2) is 11.4 Å². The predicted octanol–water partition coefficient (Wildman–Crippen LogP) is 6.09. The molecule has 4 aromatic carbocycles. The summed E-state index contributed by atoms with van der Waals surface area (Å²) in [5, 5.41) is 11.2. The molecule has 0 unspecified atom stereocenters. The van der Waals surface area contributed by atoms with Crippen molar-refractivity contribution in [2.45, 2.75) is 5.75 Å². The molecular formula is C25H21N3S. The Bertz CT molecular complexity index is 1160. The second kappa shape index (κ2) is 9.22. The van der Waals surface area contributed by atoms with Gasteiger partial charge in [-0.25, -0.2) is 0 Å². The summed E-state index contributed by atoms with van der Waals surface area (Å²) in [7, 11) is 0. The highest BCUT2D eigenvalue weighted by Crippen LogP contribution is 2.28. The number of benzene rings is 4. The van der Waals surface area contributed by atoms with Crippen LogP contribution in [0.4, 0.5) is 0 Å². The molecule has 0 aliphatic carbocycles. The van der Waals surface area contributed by atoms with Crippen LogP contribution < -0.4 is 5.73 Å². The molecule has 0 saturated heterocycles. The van der Waals surface area contributed by atoms with E-state index in [1.54, 1.807) is 6.21 Å². The molecule has 0 amide bonds. The van der Waals surface area contributed by atoms with Crippen LogP contribution in [0, 0.1) is 0 Å². The van der Waals surface area contributed by atoms with Gasteiger partial charge in [-0.2, -0.15) is 5.10 Å². The fraction of sp³-hybridized carbons (Fsp3) is 0.0400. The van der Waals surface area contributed by atoms with Crippen molar-refractivity contribution < 1.29 is 0 Å². The van der Waals surface area contributed by atoms with Gasteiger partial charge in [0.2, 0.25) is 0 Å². The SMILES string of the molecule is NC(=NN=Cc1cccc(-c2cccc3ccccc23)c1)SCc1ccccc1. The van der Waals surface area contributed by atoms with E-state index in [2.05, 4.69) is 76.9 Å². The first kappa shape index (κ1) is 19.0. The lowest BCUT2D eigenvalue weighted by atomic mass is 9.97. The zero-order chi connectivity index (χ0) is 19.9. The summed E-state index contributed by atoms with van der Waals surface area (Å²) in [6, 6.07) is 33.3. The van der Waals surface area contributed by atoms with Crippen LogP contribution in [0.3, 0.4) is 0 Å². The third kappa shape index (κ3) is 4.92. The zero-order valence-corrected chi connectivity index (χ0v) is 16.7. The minimum absolute atomic E-state index is 0.454. The number of fused-ring (bicyclic) bond motifs is 1. The van der Waals surface area contributed by atoms with E-state index in [1.165, 1.54) is 33.7 Å². The van der Waals surface area contributed by atoms with Gasteiger partial charge in [-0.3, -0.25) is 0 Å². The summed E-state index contributed by atoms with van der Waals surface area (Å²) in [6.45, 7) is 0. The van der Waals surface area contributed by atoms with E-state index < -0.39 is 0 Å². The molecule has 4 heteroatoms. The number of thioether (sulfide) groups is 1. The first-order valence-corrected chi connectivity index (χ1v) is 10.4. The van der Waals surface area contributed by atoms with Crippen LogP contribution in [0.2, 0.25) is 0 Å². The lowest BCUT2D eigenvalue weighted by Gasteiger charge is -2.07. The van der Waals surface area contributed by atoms with Gasteiger partial charge in [-0.05, 0) is 39.1 Å². The fourth-order valence-electron chi connectivity index (χ4n) is 3.18. The molecular weight excluding hydrogens is 374 g/mol. The van der Waals surface area contributed by atoms with E-state index in [0.29, 0.717) is 5.17 Å². The fourth-order valence-corrected chi connectivity index (χ4v) is 3.79. The standard InChI is InChI=1S/C25H21N3S/c26-25(29-18-19-8-2-1-3-9-19)28-27-17-20-10-6-13-22(16-20)24-15-7-12-21-11-4-5-14-23(21)24/h1-17H,18H2,(H2,26,28). The van der Waals surface area contributed by atoms with Gasteiger partial charge < -0.3 is 5.73 Å². The molecule has 3 nitrogen and oxygen atoms in total. The average Bonchev–Trinajstić information content (AvgIpc) is 2.78. The quantitative estimate of drug-likeness (QED) is 0.253. The summed E-state index contributed by atoms with van der Waals surface area (Å²) in [4.78, 5) is 0. The van der Waals surface area contributed by atoms with Gasteiger partial charge in [0.15, 0.2) is 5.17 Å². The zero-order valence-electron chi connectivity index (χ0n) is 15.9. The van der Waals surface area contributed by atoms with Crippen LogP contribution in [0.5, 0.6) is 0 Å². The molecule has 0 atom stereocenters. The Morgan fingerprint density at radius 1 is 0.828 bits per heavy atom. The molecule has 0 heterocycles. The summed E-state index contributed by atoms with van der Waals surface area (Å²) in [5.74, 6) is 0.780. The average molecular weight is 396 g/mol. The van der Waals surface area contributed by atoms with Gasteiger partial charge >= 0.3 is 0 Å². The van der Waals surface area contributed by atoms with E-state index in [9.17, 15) is 0 Å². The largest absolute Gasteiger partial charge is 0.377 e. The number of nitrogens with two attached hydrogens (primary N) is 1. The van der Waals surface area contributed by atoms with Gasteiger partial charge in [0, 0.05) is 5.75 Å². The van der Waals surface area contributed by atoms with Crippen LogP contribution in [0.25, 0.3) is 21.9 Å². The number of rotatable bonds is 5. The van der Waals surface area contributed by atoms with Crippen molar-refractivity contribution in [1.29, 1.82) is 0 Å². The molecule has 2 N–H and O–H groups in total. The highest BCUT2D eigenvalue weighted by Gasteiger charge is 2.03. The maximum Gasteiger partial charge on any atom is 0.180 e. The van der Waals surface area contributed by atoms with Crippen molar-refractivity contribution in [3.05, 3.63) is 108 Å². The van der Waals surface area contributed by atoms with E-state index in [-0.39, 0.29) is 0 Å². The molecule has 0 bridgehead atoms. The van der Waals surface area contributed by atoms with E-state index in [4.69, 9.17) is 5.73 Å². The summed E-state index contributed by atoms with van der Waals surface area (Å²) >= 11 is 1.48. The number of hydrogen-bond acceptors (Lipinski definition) is 3. The Kier molecular flexibility index (Phi) is 6.03. The van der Waals surface area contributed by atoms with Crippen LogP contribution in [-0.2, 0) is 5.75 Å². The van der Waals surface area contributed by atoms with E-state index in [1.807, 2.05) is 30.3 Å². The summed E-state index contributed by atoms with van der Waals surface area (Å²) in [6.07, 6.45) is 1.74. The van der Waals surface area contributed by atoms with Crippen molar-refractivity contribution >= 4 is 33.9 Å². The van der Waals surface area contributed by atoms with Crippen molar-refractivity contribution in [2.24, 2.45) is 15.9 Å². The first-order chi connectivity index (χ1) is 14.3. The van der Waals surface area contributed by atoms with Gasteiger partial charge in [-0.1, -0.05) is 103 Å². The molecule has 0 aromatic heterocycles. The Hall–Kier alpha value is -3.37. The second-order valence-corrected chi connectivity index (χ2v) is 7.60. The Morgan fingerprint density at radius 3 is 2.48 bits per heavy atom. The lowest BCUT2D eigenvalue weighted by Crippen LogP contribution is -2.05. The van der Waals surface area contributed by atoms with Crippen molar-refractivity contribution in [2.75, 3.05) is 0 Å². The smallest absolute Gasteiger partial charge is 0.180 e. The van der Waals surface area contributed by atoms with Crippen LogP contribution in [0.1, 0.15) is 11.1 Å². The normalized spacial score (nSPS) is 11.9. The molecule has 0 saturated carbocycles. The Morgan fingerprint density at radius 2 is 1.59 bits per heavy atom. The Balaban J connectivity index is 1.48. The van der Waals surface area contributed by atoms with E-state index >= 15 is 0 Å². The molecule has 4 aromatic rings. The molecule has 4 rings (SSSR count). The third-order valence-corrected chi connectivity index (χ3v) is 5.43. The minimum Gasteiger partial charge on any atom is -0.377 e.